The van der Waals surface area contributed by atoms with Crippen molar-refractivity contribution < 1.29 is 0 Å². The van der Waals surface area contributed by atoms with Crippen molar-refractivity contribution in [2.75, 3.05) is 0 Å². The molecule has 12 bridgehead atoms. The Hall–Kier alpha value is -1.30. The molecule has 0 N–H and O–H groups in total. The van der Waals surface area contributed by atoms with Crippen molar-refractivity contribution in [3.05, 3.63) is 58.7 Å². The second-order valence-electron chi connectivity index (χ2n) is 24.9. The predicted octanol–water partition coefficient (Wildman–Crippen LogP) is 19.2. The van der Waals surface area contributed by atoms with Crippen molar-refractivity contribution in [3.8, 4) is 0 Å². The summed E-state index contributed by atoms with van der Waals surface area (Å²) >= 11 is 0. The smallest absolute Gasteiger partial charge is 0.0228 e. The summed E-state index contributed by atoms with van der Waals surface area (Å²) < 4.78 is 0. The third-order valence-electron chi connectivity index (χ3n) is 18.6. The van der Waals surface area contributed by atoms with Gasteiger partial charge < -0.3 is 0 Å². The van der Waals surface area contributed by atoms with Crippen LogP contribution in [0, 0.1) is 82.9 Å². The number of hydrogen-bond acceptors (Lipinski definition) is 0. The van der Waals surface area contributed by atoms with Crippen LogP contribution in [0.15, 0.2) is 58.7 Å². The van der Waals surface area contributed by atoms with Crippen LogP contribution < -0.4 is 0 Å². The van der Waals surface area contributed by atoms with E-state index >= 15 is 0 Å². The molecule has 13 unspecified atom stereocenters. The molecule has 0 aromatic carbocycles. The molecule has 0 heterocycles. The lowest BCUT2D eigenvalue weighted by Gasteiger charge is -2.32. The van der Waals surface area contributed by atoms with Crippen LogP contribution in [-0.2, 0) is 0 Å². The predicted molar refractivity (Wildman–Crippen MR) is 268 cm³/mol. The Kier molecular flexibility index (Phi) is 19.0. The van der Waals surface area contributed by atoms with Crippen LogP contribution in [0.5, 0.6) is 0 Å². The Morgan fingerprint density at radius 3 is 1.48 bits per heavy atom. The van der Waals surface area contributed by atoms with Gasteiger partial charge in [-0.1, -0.05) is 143 Å². The van der Waals surface area contributed by atoms with E-state index in [0.717, 1.165) is 82.9 Å². The second kappa shape index (κ2) is 24.3. The van der Waals surface area contributed by atoms with Gasteiger partial charge in [-0.15, -0.1) is 0 Å². The van der Waals surface area contributed by atoms with Gasteiger partial charge in [-0.2, -0.15) is 0 Å². The molecule has 0 radical (unpaired) electrons. The van der Waals surface area contributed by atoms with Gasteiger partial charge in [0.15, 0.2) is 0 Å². The molecule has 0 amide bonds. The molecule has 12 aliphatic carbocycles. The maximum Gasteiger partial charge on any atom is -0.0228 e. The van der Waals surface area contributed by atoms with Crippen LogP contribution in [0.2, 0.25) is 0 Å². The molecule has 0 aromatic heterocycles. The number of rotatable bonds is 0. The SMILES string of the molecule is CC1=CC2CCC(C1)C2.CC1=CC2CCCC(C1)C2.CC1=CC2CCCC(CC1)C2.CC1=CCC2CCCC(C1)C2.CC1C=CC2CCCC(C1)C2.CC1CC2CCC(C1)C2. The zero-order valence-electron chi connectivity index (χ0n) is 41.5. The summed E-state index contributed by atoms with van der Waals surface area (Å²) in [4.78, 5) is 0. The molecular formula is C61H100. The molecule has 12 rings (SSSR count). The molecule has 0 aromatic rings. The fourth-order valence-corrected chi connectivity index (χ4v) is 15.9. The van der Waals surface area contributed by atoms with E-state index in [-0.39, 0.29) is 0 Å². The van der Waals surface area contributed by atoms with Gasteiger partial charge in [0.25, 0.3) is 0 Å². The third kappa shape index (κ3) is 16.3. The lowest BCUT2D eigenvalue weighted by Crippen LogP contribution is -2.18. The highest BCUT2D eigenvalue weighted by molar-refractivity contribution is 5.10. The first-order valence-electron chi connectivity index (χ1n) is 27.9. The van der Waals surface area contributed by atoms with Gasteiger partial charge in [0, 0.05) is 0 Å². The first-order chi connectivity index (χ1) is 29.6. The van der Waals surface area contributed by atoms with Crippen molar-refractivity contribution >= 4 is 0 Å². The first kappa shape index (κ1) is 47.7. The minimum Gasteiger partial charge on any atom is -0.0854 e. The minimum absolute atomic E-state index is 0.850. The molecular weight excluding hydrogens is 733 g/mol. The summed E-state index contributed by atoms with van der Waals surface area (Å²) in [6, 6.07) is 0. The van der Waals surface area contributed by atoms with Gasteiger partial charge in [-0.05, 0) is 239 Å². The van der Waals surface area contributed by atoms with Crippen LogP contribution in [0.3, 0.4) is 0 Å². The van der Waals surface area contributed by atoms with Gasteiger partial charge in [0.2, 0.25) is 0 Å². The van der Waals surface area contributed by atoms with Crippen molar-refractivity contribution in [2.45, 2.75) is 241 Å². The molecule has 0 spiro atoms. The fraction of sp³-hybridized carbons (Fsp3) is 0.836. The average molecular weight is 833 g/mol. The maximum atomic E-state index is 2.54. The molecule has 61 heavy (non-hydrogen) atoms. The Morgan fingerprint density at radius 1 is 0.344 bits per heavy atom. The first-order valence-corrected chi connectivity index (χ1v) is 27.9. The topological polar surface area (TPSA) is 0 Å². The van der Waals surface area contributed by atoms with Gasteiger partial charge >= 0.3 is 0 Å². The highest BCUT2D eigenvalue weighted by atomic mass is 14.4. The summed E-state index contributed by atoms with van der Waals surface area (Å²) in [5, 5.41) is 0. The number of fused-ring (bicyclic) bond motifs is 12. The maximum absolute atomic E-state index is 2.54. The third-order valence-corrected chi connectivity index (χ3v) is 18.6. The average Bonchev–Trinajstić information content (AvgIpc) is 3.64. The molecule has 0 heteroatoms. The number of allylic oxidation sites excluding steroid dienone is 10. The summed E-state index contributed by atoms with van der Waals surface area (Å²) in [5.74, 6) is 14.4. The Labute approximate surface area is 380 Å². The highest BCUT2D eigenvalue weighted by Crippen LogP contribution is 2.45. The van der Waals surface area contributed by atoms with E-state index in [0.29, 0.717) is 0 Å². The van der Waals surface area contributed by atoms with Crippen molar-refractivity contribution in [1.29, 1.82) is 0 Å². The fourth-order valence-electron chi connectivity index (χ4n) is 15.9. The van der Waals surface area contributed by atoms with Crippen molar-refractivity contribution in [3.63, 3.8) is 0 Å². The molecule has 0 aliphatic heterocycles. The van der Waals surface area contributed by atoms with E-state index in [2.05, 4.69) is 78.0 Å². The van der Waals surface area contributed by atoms with Crippen LogP contribution >= 0.6 is 0 Å². The molecule has 344 valence electrons. The van der Waals surface area contributed by atoms with Gasteiger partial charge in [-0.25, -0.2) is 0 Å². The molecule has 12 aliphatic rings. The summed E-state index contributed by atoms with van der Waals surface area (Å²) in [6.45, 7) is 14.0. The van der Waals surface area contributed by atoms with Crippen LogP contribution in [-0.4, -0.2) is 0 Å². The quantitative estimate of drug-likeness (QED) is 0.213. The normalized spacial score (nSPS) is 41.2. The minimum atomic E-state index is 0.850. The lowest BCUT2D eigenvalue weighted by molar-refractivity contribution is 0.275. The van der Waals surface area contributed by atoms with Crippen molar-refractivity contribution in [1.82, 2.24) is 0 Å². The Bertz CT molecular complexity index is 1450. The van der Waals surface area contributed by atoms with Gasteiger partial charge in [0.1, 0.15) is 0 Å². The Balaban J connectivity index is 0.000000111. The van der Waals surface area contributed by atoms with E-state index < -0.39 is 0 Å². The molecule has 7 fully saturated rings. The zero-order chi connectivity index (χ0) is 42.6. The highest BCUT2D eigenvalue weighted by Gasteiger charge is 2.32. The van der Waals surface area contributed by atoms with Crippen molar-refractivity contribution in [2.24, 2.45) is 82.9 Å². The molecule has 0 nitrogen and oxygen atoms in total. The van der Waals surface area contributed by atoms with E-state index in [1.807, 2.05) is 0 Å². The van der Waals surface area contributed by atoms with E-state index in [9.17, 15) is 0 Å². The molecule has 0 saturated heterocycles. The van der Waals surface area contributed by atoms with Gasteiger partial charge in [0.05, 0.1) is 0 Å². The van der Waals surface area contributed by atoms with Gasteiger partial charge in [-0.3, -0.25) is 0 Å². The van der Waals surface area contributed by atoms with Crippen LogP contribution in [0.1, 0.15) is 241 Å². The molecule has 13 atom stereocenters. The summed E-state index contributed by atoms with van der Waals surface area (Å²) in [7, 11) is 0. The summed E-state index contributed by atoms with van der Waals surface area (Å²) in [6.07, 6.45) is 60.9. The van der Waals surface area contributed by atoms with E-state index in [1.54, 1.807) is 41.6 Å². The standard InChI is InChI=1S/3C11H18.C10H16.C9H16.C9H14/c3*1-9-5-6-10-3-2-4-11(7-9)8-10;1-8-5-9-3-2-4-10(6-8)7-9;2*1-7-4-8-2-3-9(5-7)6-8/h7,10-11H,2-6,8H2,1H3;5,10-11H,2-4,6-8H2,1H3;5-6,9-11H,2-4,7-8H2,1H3;5,9-10H,2-4,6-7H2,1H3;7-9H,2-6H2,1H3;4,8-9H,2-3,5-6H2,1H3. The van der Waals surface area contributed by atoms with Crippen LogP contribution in [0.4, 0.5) is 0 Å². The number of hydrogen-bond donors (Lipinski definition) is 0. The lowest BCUT2D eigenvalue weighted by atomic mass is 9.74. The largest absolute Gasteiger partial charge is 0.0854 e. The van der Waals surface area contributed by atoms with E-state index in [1.165, 1.54) is 180 Å². The monoisotopic (exact) mass is 833 g/mol. The van der Waals surface area contributed by atoms with E-state index in [4.69, 9.17) is 0 Å². The Morgan fingerprint density at radius 2 is 0.803 bits per heavy atom. The summed E-state index contributed by atoms with van der Waals surface area (Å²) in [5.41, 5.74) is 6.61. The second-order valence-corrected chi connectivity index (χ2v) is 24.9. The van der Waals surface area contributed by atoms with Crippen LogP contribution in [0.25, 0.3) is 0 Å². The molecule has 7 saturated carbocycles. The zero-order valence-corrected chi connectivity index (χ0v) is 41.5.